The van der Waals surface area contributed by atoms with Gasteiger partial charge in [-0.3, -0.25) is 9.59 Å². The second-order valence-corrected chi connectivity index (χ2v) is 11.2. The summed E-state index contributed by atoms with van der Waals surface area (Å²) < 4.78 is 0. The normalized spacial score (nSPS) is 16.3. The van der Waals surface area contributed by atoms with Crippen molar-refractivity contribution in [2.45, 2.75) is 43.9 Å². The third kappa shape index (κ3) is 6.68. The molecule has 12 heteroatoms. The smallest absolute Gasteiger partial charge is 0.230 e. The van der Waals surface area contributed by atoms with Crippen LogP contribution in [0.3, 0.4) is 0 Å². The molecule has 1 aliphatic carbocycles. The molecule has 1 saturated carbocycles. The summed E-state index contributed by atoms with van der Waals surface area (Å²) in [6, 6.07) is 15.9. The van der Waals surface area contributed by atoms with Crippen molar-refractivity contribution < 1.29 is 9.59 Å². The number of benzene rings is 2. The fraction of sp³-hybridized carbons (Fsp3) is 0.259. The molecule has 2 N–H and O–H groups in total. The molecule has 39 heavy (non-hydrogen) atoms. The number of nitriles is 1. The van der Waals surface area contributed by atoms with E-state index in [1.807, 2.05) is 0 Å². The van der Waals surface area contributed by atoms with Crippen molar-refractivity contribution in [2.75, 3.05) is 10.6 Å². The second kappa shape index (κ2) is 11.9. The molecule has 1 fully saturated rings. The van der Waals surface area contributed by atoms with Crippen molar-refractivity contribution in [3.8, 4) is 6.07 Å². The van der Waals surface area contributed by atoms with Crippen LogP contribution in [0.1, 0.15) is 57.8 Å². The molecule has 0 bridgehead atoms. The third-order valence-corrected chi connectivity index (χ3v) is 8.39. The Kier molecular flexibility index (Phi) is 7.96. The first-order valence-corrected chi connectivity index (χ1v) is 13.8. The predicted molar refractivity (Wildman–Crippen MR) is 148 cm³/mol. The van der Waals surface area contributed by atoms with Crippen molar-refractivity contribution in [3.05, 3.63) is 86.7 Å². The van der Waals surface area contributed by atoms with E-state index >= 15 is 0 Å². The van der Waals surface area contributed by atoms with Gasteiger partial charge in [0.25, 0.3) is 0 Å². The summed E-state index contributed by atoms with van der Waals surface area (Å²) in [5.41, 5.74) is 2.73. The summed E-state index contributed by atoms with van der Waals surface area (Å²) in [4.78, 5) is 28.2. The lowest BCUT2D eigenvalue weighted by Gasteiger charge is -2.05. The Morgan fingerprint density at radius 2 is 1.33 bits per heavy atom. The van der Waals surface area contributed by atoms with Gasteiger partial charge < -0.3 is 10.6 Å². The zero-order valence-electron chi connectivity index (χ0n) is 20.6. The van der Waals surface area contributed by atoms with E-state index in [2.05, 4.69) is 41.9 Å². The summed E-state index contributed by atoms with van der Waals surface area (Å²) in [5, 5.41) is 34.2. The monoisotopic (exact) mass is 554 g/mol. The van der Waals surface area contributed by atoms with Crippen LogP contribution < -0.4 is 10.6 Å². The Balaban J connectivity index is 1.11. The molecule has 2 heterocycles. The molecule has 5 rings (SSSR count). The molecule has 194 valence electrons. The first-order valence-electron chi connectivity index (χ1n) is 12.2. The first kappa shape index (κ1) is 26.1. The topological polar surface area (TPSA) is 138 Å². The van der Waals surface area contributed by atoms with Crippen molar-refractivity contribution >= 4 is 50.4 Å². The van der Waals surface area contributed by atoms with Gasteiger partial charge in [0.1, 0.15) is 10.0 Å². The van der Waals surface area contributed by atoms with Gasteiger partial charge in [-0.05, 0) is 42.5 Å². The second-order valence-electron chi connectivity index (χ2n) is 9.13. The predicted octanol–water partition coefficient (Wildman–Crippen LogP) is 5.23. The van der Waals surface area contributed by atoms with E-state index in [1.165, 1.54) is 22.7 Å². The van der Waals surface area contributed by atoms with Crippen LogP contribution in [0.4, 0.5) is 16.0 Å². The number of amides is 2. The van der Waals surface area contributed by atoms with Crippen molar-refractivity contribution in [1.29, 1.82) is 5.26 Å². The minimum absolute atomic E-state index is 0.180. The van der Waals surface area contributed by atoms with E-state index in [4.69, 9.17) is 11.8 Å². The first-order chi connectivity index (χ1) is 19.0. The molecule has 10 nitrogen and oxygen atoms in total. The molecule has 0 saturated heterocycles. The Morgan fingerprint density at radius 3 is 1.79 bits per heavy atom. The molecule has 0 radical (unpaired) electrons. The van der Waals surface area contributed by atoms with E-state index in [0.29, 0.717) is 21.5 Å². The van der Waals surface area contributed by atoms with Crippen molar-refractivity contribution in [2.24, 2.45) is 0 Å². The number of rotatable bonds is 8. The molecule has 2 atom stereocenters. The summed E-state index contributed by atoms with van der Waals surface area (Å²) in [6.45, 7) is 7.01. The van der Waals surface area contributed by atoms with Crippen LogP contribution in [0.5, 0.6) is 0 Å². The van der Waals surface area contributed by atoms with Gasteiger partial charge in [0.15, 0.2) is 5.69 Å². The molecule has 2 aromatic heterocycles. The lowest BCUT2D eigenvalue weighted by atomic mass is 10.1. The van der Waals surface area contributed by atoms with Crippen LogP contribution in [0.25, 0.3) is 4.85 Å². The number of hydrogen-bond acceptors (Lipinski definition) is 9. The van der Waals surface area contributed by atoms with Crippen LogP contribution in [0, 0.1) is 17.9 Å². The molecule has 2 unspecified atom stereocenters. The van der Waals surface area contributed by atoms with E-state index in [0.717, 1.165) is 40.4 Å². The summed E-state index contributed by atoms with van der Waals surface area (Å²) in [5.74, 6) is 0.0744. The fourth-order valence-corrected chi connectivity index (χ4v) is 6.23. The van der Waals surface area contributed by atoms with Gasteiger partial charge in [-0.25, -0.2) is 4.85 Å². The number of anilines is 2. The van der Waals surface area contributed by atoms with Gasteiger partial charge in [-0.1, -0.05) is 59.1 Å². The molecular weight excluding hydrogens is 532 g/mol. The lowest BCUT2D eigenvalue weighted by molar-refractivity contribution is -0.116. The maximum absolute atomic E-state index is 12.4. The average molecular weight is 555 g/mol. The Bertz CT molecular complexity index is 1450. The minimum atomic E-state index is -0.185. The van der Waals surface area contributed by atoms with E-state index < -0.39 is 0 Å². The maximum Gasteiger partial charge on any atom is 0.230 e. The SMILES string of the molecule is [C-]#[N+]c1ccc(CC(=O)Nc2nnc(C3CCC(c4nnc(NC(=O)Cc5ccc(C#N)cc5)s4)C3)s2)cc1. The zero-order chi connectivity index (χ0) is 27.2. The van der Waals surface area contributed by atoms with Crippen LogP contribution in [-0.4, -0.2) is 32.2 Å². The van der Waals surface area contributed by atoms with Crippen molar-refractivity contribution in [3.63, 3.8) is 0 Å². The van der Waals surface area contributed by atoms with E-state index in [-0.39, 0.29) is 36.5 Å². The van der Waals surface area contributed by atoms with Gasteiger partial charge in [-0.15, -0.1) is 20.4 Å². The largest absolute Gasteiger partial charge is 0.300 e. The fourth-order valence-electron chi connectivity index (χ4n) is 4.41. The highest BCUT2D eigenvalue weighted by Gasteiger charge is 2.32. The van der Waals surface area contributed by atoms with Crippen LogP contribution in [0.15, 0.2) is 48.5 Å². The highest BCUT2D eigenvalue weighted by molar-refractivity contribution is 7.15. The zero-order valence-corrected chi connectivity index (χ0v) is 22.3. The van der Waals surface area contributed by atoms with Crippen LogP contribution >= 0.6 is 22.7 Å². The molecule has 1 aliphatic rings. The molecule has 0 spiro atoms. The van der Waals surface area contributed by atoms with Gasteiger partial charge in [0.05, 0.1) is 31.0 Å². The van der Waals surface area contributed by atoms with Gasteiger partial charge >= 0.3 is 0 Å². The highest BCUT2D eigenvalue weighted by atomic mass is 32.1. The van der Waals surface area contributed by atoms with Gasteiger partial charge in [0.2, 0.25) is 22.1 Å². The van der Waals surface area contributed by atoms with E-state index in [1.54, 1.807) is 48.5 Å². The number of carbonyl (C=O) groups is 2. The number of carbonyl (C=O) groups excluding carboxylic acids is 2. The van der Waals surface area contributed by atoms with Crippen LogP contribution in [0.2, 0.25) is 0 Å². The maximum atomic E-state index is 12.4. The number of aromatic nitrogens is 4. The number of nitrogens with one attached hydrogen (secondary N) is 2. The molecular formula is C27H22N8O2S2. The Hall–Kier alpha value is -4.52. The number of hydrogen-bond donors (Lipinski definition) is 2. The Labute approximate surface area is 232 Å². The van der Waals surface area contributed by atoms with Crippen molar-refractivity contribution in [1.82, 2.24) is 20.4 Å². The molecule has 0 aliphatic heterocycles. The lowest BCUT2D eigenvalue weighted by Crippen LogP contribution is -2.14. The molecule has 2 amide bonds. The summed E-state index contributed by atoms with van der Waals surface area (Å²) in [7, 11) is 0. The van der Waals surface area contributed by atoms with Gasteiger partial charge in [0, 0.05) is 11.8 Å². The Morgan fingerprint density at radius 1 is 0.846 bits per heavy atom. The minimum Gasteiger partial charge on any atom is -0.300 e. The third-order valence-electron chi connectivity index (χ3n) is 6.38. The quantitative estimate of drug-likeness (QED) is 0.285. The summed E-state index contributed by atoms with van der Waals surface area (Å²) >= 11 is 2.77. The summed E-state index contributed by atoms with van der Waals surface area (Å²) in [6.07, 6.45) is 3.10. The average Bonchev–Trinajstić information content (AvgIpc) is 3.71. The number of nitrogens with zero attached hydrogens (tertiary/aromatic N) is 6. The van der Waals surface area contributed by atoms with Crippen LogP contribution in [-0.2, 0) is 22.4 Å². The van der Waals surface area contributed by atoms with Gasteiger partial charge in [-0.2, -0.15) is 5.26 Å². The standard InChI is InChI=1S/C27H22N8O2S2/c1-29-21-10-6-17(7-11-21)13-23(37)31-27-35-33-25(39-27)20-9-8-19(14-20)24-32-34-26(38-24)30-22(36)12-16-2-4-18(15-28)5-3-16/h2-7,10-11,19-20H,8-9,12-14H2,(H,30,34,36)(H,31,35,37). The van der Waals surface area contributed by atoms with E-state index in [9.17, 15) is 9.59 Å². The molecule has 4 aromatic rings. The highest BCUT2D eigenvalue weighted by Crippen LogP contribution is 2.45. The molecule has 2 aromatic carbocycles.